The summed E-state index contributed by atoms with van der Waals surface area (Å²) in [6.07, 6.45) is 0.638. The lowest BCUT2D eigenvalue weighted by Gasteiger charge is -2.33. The van der Waals surface area contributed by atoms with Crippen LogP contribution in [0.2, 0.25) is 5.28 Å². The largest absolute Gasteiger partial charge is 0.461 e. The van der Waals surface area contributed by atoms with Gasteiger partial charge in [-0.05, 0) is 18.5 Å². The summed E-state index contributed by atoms with van der Waals surface area (Å²) in [6.45, 7) is 2.72. The Labute approximate surface area is 126 Å². The summed E-state index contributed by atoms with van der Waals surface area (Å²) in [6, 6.07) is 0. The summed E-state index contributed by atoms with van der Waals surface area (Å²) in [4.78, 5) is 32.4. The summed E-state index contributed by atoms with van der Waals surface area (Å²) in [7, 11) is 0. The molecule has 7 nitrogen and oxygen atoms in total. The van der Waals surface area contributed by atoms with E-state index in [1.165, 1.54) is 0 Å². The van der Waals surface area contributed by atoms with Gasteiger partial charge in [-0.2, -0.15) is 0 Å². The number of esters is 1. The van der Waals surface area contributed by atoms with Crippen molar-refractivity contribution in [1.29, 1.82) is 0 Å². The van der Waals surface area contributed by atoms with E-state index in [0.29, 0.717) is 31.0 Å². The molecule has 1 aromatic rings. The summed E-state index contributed by atoms with van der Waals surface area (Å²) < 4.78 is 10.3. The van der Waals surface area contributed by atoms with Crippen LogP contribution in [0.5, 0.6) is 0 Å². The van der Waals surface area contributed by atoms with E-state index in [4.69, 9.17) is 21.1 Å². The monoisotopic (exact) mass is 311 g/mol. The molecule has 1 N–H and O–H groups in total. The SMILES string of the molecule is CCOC(=O)c1nc(Cl)nc2c1CC(=O)C1(CCOC1)N2. The first kappa shape index (κ1) is 14.2. The van der Waals surface area contributed by atoms with E-state index < -0.39 is 11.5 Å². The predicted molar refractivity (Wildman–Crippen MR) is 73.5 cm³/mol. The molecule has 1 atom stereocenters. The third kappa shape index (κ3) is 2.36. The van der Waals surface area contributed by atoms with E-state index in [2.05, 4.69) is 15.3 Å². The molecule has 2 aliphatic rings. The second kappa shape index (κ2) is 5.23. The topological polar surface area (TPSA) is 90.4 Å². The molecule has 1 spiro atoms. The molecule has 8 heteroatoms. The van der Waals surface area contributed by atoms with Gasteiger partial charge in [0.05, 0.1) is 13.2 Å². The maximum Gasteiger partial charge on any atom is 0.357 e. The first-order chi connectivity index (χ1) is 10.1. The molecule has 21 heavy (non-hydrogen) atoms. The van der Waals surface area contributed by atoms with Crippen LogP contribution in [-0.2, 0) is 20.7 Å². The number of Topliss-reactive ketones (excluding diaryl/α,β-unsaturated/α-hetero) is 1. The normalized spacial score (nSPS) is 23.8. The van der Waals surface area contributed by atoms with Crippen LogP contribution in [0.1, 0.15) is 29.4 Å². The number of rotatable bonds is 2. The van der Waals surface area contributed by atoms with Gasteiger partial charge in [-0.25, -0.2) is 14.8 Å². The number of fused-ring (bicyclic) bond motifs is 1. The molecular formula is C13H14ClN3O4. The maximum atomic E-state index is 12.4. The van der Waals surface area contributed by atoms with Crippen LogP contribution in [0.3, 0.4) is 0 Å². The third-order valence-electron chi connectivity index (χ3n) is 3.70. The lowest BCUT2D eigenvalue weighted by molar-refractivity contribution is -0.123. The van der Waals surface area contributed by atoms with Crippen molar-refractivity contribution >= 4 is 29.2 Å². The van der Waals surface area contributed by atoms with Crippen molar-refractivity contribution in [2.45, 2.75) is 25.3 Å². The standard InChI is InChI=1S/C13H14ClN3O4/c1-2-21-11(19)9-7-5-8(18)13(3-4-20-6-13)17-10(7)16-12(14)15-9/h2-6H2,1H3,(H,15,16,17). The summed E-state index contributed by atoms with van der Waals surface area (Å²) in [5.41, 5.74) is -0.293. The number of carbonyl (C=O) groups excluding carboxylic acids is 2. The third-order valence-corrected chi connectivity index (χ3v) is 3.87. The fourth-order valence-corrected chi connectivity index (χ4v) is 2.77. The van der Waals surface area contributed by atoms with Crippen molar-refractivity contribution in [3.63, 3.8) is 0 Å². The highest BCUT2D eigenvalue weighted by Crippen LogP contribution is 2.34. The minimum Gasteiger partial charge on any atom is -0.461 e. The molecule has 0 radical (unpaired) electrons. The molecule has 1 saturated heterocycles. The van der Waals surface area contributed by atoms with Gasteiger partial charge in [-0.3, -0.25) is 4.79 Å². The Morgan fingerprint density at radius 2 is 2.33 bits per heavy atom. The average Bonchev–Trinajstić information content (AvgIpc) is 2.90. The Morgan fingerprint density at radius 3 is 3.00 bits per heavy atom. The molecule has 0 aliphatic carbocycles. The van der Waals surface area contributed by atoms with E-state index in [1.54, 1.807) is 6.92 Å². The smallest absolute Gasteiger partial charge is 0.357 e. The Morgan fingerprint density at radius 1 is 1.52 bits per heavy atom. The second-order valence-electron chi connectivity index (χ2n) is 5.00. The van der Waals surface area contributed by atoms with Crippen LogP contribution < -0.4 is 5.32 Å². The number of anilines is 1. The van der Waals surface area contributed by atoms with E-state index in [1.807, 2.05) is 0 Å². The minimum absolute atomic E-state index is 0.0380. The Kier molecular flexibility index (Phi) is 3.54. The summed E-state index contributed by atoms with van der Waals surface area (Å²) in [5, 5.41) is 3.02. The van der Waals surface area contributed by atoms with Gasteiger partial charge in [0.15, 0.2) is 11.5 Å². The molecule has 3 rings (SSSR count). The predicted octanol–water partition coefficient (Wildman–Crippen LogP) is 1.00. The van der Waals surface area contributed by atoms with Gasteiger partial charge in [0, 0.05) is 25.0 Å². The van der Waals surface area contributed by atoms with E-state index >= 15 is 0 Å². The van der Waals surface area contributed by atoms with E-state index in [0.717, 1.165) is 0 Å². The molecular weight excluding hydrogens is 298 g/mol. The lowest BCUT2D eigenvalue weighted by atomic mass is 9.85. The molecule has 0 amide bonds. The zero-order chi connectivity index (χ0) is 15.0. The quantitative estimate of drug-likeness (QED) is 0.643. The molecule has 3 heterocycles. The van der Waals surface area contributed by atoms with Crippen molar-refractivity contribution < 1.29 is 19.1 Å². The number of carbonyl (C=O) groups is 2. The molecule has 0 aromatic carbocycles. The number of ether oxygens (including phenoxy) is 2. The fourth-order valence-electron chi connectivity index (χ4n) is 2.61. The first-order valence-electron chi connectivity index (χ1n) is 6.68. The summed E-state index contributed by atoms with van der Waals surface area (Å²) >= 11 is 5.87. The molecule has 112 valence electrons. The van der Waals surface area contributed by atoms with Crippen LogP contribution in [0.25, 0.3) is 0 Å². The highest BCUT2D eigenvalue weighted by atomic mass is 35.5. The Hall–Kier alpha value is -1.73. The van der Waals surface area contributed by atoms with Crippen molar-refractivity contribution in [2.75, 3.05) is 25.1 Å². The van der Waals surface area contributed by atoms with Crippen molar-refractivity contribution in [3.8, 4) is 0 Å². The van der Waals surface area contributed by atoms with Gasteiger partial charge in [-0.1, -0.05) is 0 Å². The second-order valence-corrected chi connectivity index (χ2v) is 5.34. The van der Waals surface area contributed by atoms with Crippen LogP contribution in [-0.4, -0.2) is 47.1 Å². The molecule has 2 aliphatic heterocycles. The van der Waals surface area contributed by atoms with E-state index in [9.17, 15) is 9.59 Å². The van der Waals surface area contributed by atoms with Crippen LogP contribution in [0, 0.1) is 0 Å². The van der Waals surface area contributed by atoms with Crippen molar-refractivity contribution in [3.05, 3.63) is 16.5 Å². The summed E-state index contributed by atoms with van der Waals surface area (Å²) in [5.74, 6) is -0.238. The van der Waals surface area contributed by atoms with Crippen LogP contribution in [0.15, 0.2) is 0 Å². The number of ketones is 1. The van der Waals surface area contributed by atoms with Gasteiger partial charge in [-0.15, -0.1) is 0 Å². The Bertz CT molecular complexity index is 614. The average molecular weight is 312 g/mol. The highest BCUT2D eigenvalue weighted by Gasteiger charge is 2.46. The first-order valence-corrected chi connectivity index (χ1v) is 7.06. The molecule has 1 unspecified atom stereocenters. The molecule has 0 bridgehead atoms. The molecule has 1 fully saturated rings. The number of aromatic nitrogens is 2. The number of hydrogen-bond acceptors (Lipinski definition) is 7. The number of halogens is 1. The number of hydrogen-bond donors (Lipinski definition) is 1. The van der Waals surface area contributed by atoms with Gasteiger partial charge in [0.1, 0.15) is 11.4 Å². The van der Waals surface area contributed by atoms with Crippen molar-refractivity contribution in [1.82, 2.24) is 9.97 Å². The van der Waals surface area contributed by atoms with Gasteiger partial charge >= 0.3 is 5.97 Å². The van der Waals surface area contributed by atoms with Gasteiger partial charge < -0.3 is 14.8 Å². The number of nitrogens with one attached hydrogen (secondary N) is 1. The highest BCUT2D eigenvalue weighted by molar-refractivity contribution is 6.28. The maximum absolute atomic E-state index is 12.4. The van der Waals surface area contributed by atoms with Gasteiger partial charge in [0.25, 0.3) is 0 Å². The Balaban J connectivity index is 2.04. The molecule has 0 saturated carbocycles. The fraction of sp³-hybridized carbons (Fsp3) is 0.538. The molecule has 1 aromatic heterocycles. The zero-order valence-electron chi connectivity index (χ0n) is 11.4. The zero-order valence-corrected chi connectivity index (χ0v) is 12.2. The van der Waals surface area contributed by atoms with Crippen molar-refractivity contribution in [2.24, 2.45) is 0 Å². The van der Waals surface area contributed by atoms with Crippen LogP contribution in [0.4, 0.5) is 5.82 Å². The number of nitrogens with zero attached hydrogens (tertiary/aromatic N) is 2. The van der Waals surface area contributed by atoms with E-state index in [-0.39, 0.29) is 29.8 Å². The lowest BCUT2D eigenvalue weighted by Crippen LogP contribution is -2.51. The van der Waals surface area contributed by atoms with Crippen LogP contribution >= 0.6 is 11.6 Å². The van der Waals surface area contributed by atoms with Gasteiger partial charge in [0.2, 0.25) is 5.28 Å². The minimum atomic E-state index is -0.767.